The highest BCUT2D eigenvalue weighted by molar-refractivity contribution is 5.82. The van der Waals surface area contributed by atoms with E-state index in [1.807, 2.05) is 31.2 Å². The molecule has 5 heteroatoms. The lowest BCUT2D eigenvalue weighted by molar-refractivity contribution is -0.122. The molecule has 1 amide bonds. The number of carbonyl (C=O) groups is 1. The molecule has 1 aromatic carbocycles. The van der Waals surface area contributed by atoms with Gasteiger partial charge in [-0.05, 0) is 30.5 Å². The van der Waals surface area contributed by atoms with Crippen molar-refractivity contribution in [3.63, 3.8) is 0 Å². The van der Waals surface area contributed by atoms with E-state index in [9.17, 15) is 4.79 Å². The van der Waals surface area contributed by atoms with Crippen LogP contribution in [0.4, 0.5) is 0 Å². The molecule has 104 valence electrons. The standard InChI is InChI=1S/C14H21N3O2/c1-3-7-15-14(18)13-9-12(16-17-13)10-5-4-6-11(8-10)19-2/h4-6,8,12-13,16-17H,3,7,9H2,1-2H3,(H,15,18). The van der Waals surface area contributed by atoms with Gasteiger partial charge in [-0.15, -0.1) is 0 Å². The van der Waals surface area contributed by atoms with Crippen molar-refractivity contribution in [1.29, 1.82) is 0 Å². The first kappa shape index (κ1) is 13.8. The van der Waals surface area contributed by atoms with Gasteiger partial charge in [0.05, 0.1) is 7.11 Å². The normalized spacial score (nSPS) is 22.2. The third kappa shape index (κ3) is 3.45. The Labute approximate surface area is 113 Å². The van der Waals surface area contributed by atoms with Gasteiger partial charge < -0.3 is 10.1 Å². The number of ether oxygens (including phenoxy) is 1. The predicted octanol–water partition coefficient (Wildman–Crippen LogP) is 1.13. The lowest BCUT2D eigenvalue weighted by atomic mass is 10.0. The zero-order valence-electron chi connectivity index (χ0n) is 11.4. The van der Waals surface area contributed by atoms with E-state index in [1.54, 1.807) is 7.11 Å². The minimum absolute atomic E-state index is 0.0553. The fourth-order valence-electron chi connectivity index (χ4n) is 2.18. The average Bonchev–Trinajstić information content (AvgIpc) is 2.94. The minimum Gasteiger partial charge on any atom is -0.497 e. The molecule has 1 aliphatic heterocycles. The van der Waals surface area contributed by atoms with Crippen molar-refractivity contribution >= 4 is 5.91 Å². The maximum atomic E-state index is 11.9. The molecule has 5 nitrogen and oxygen atoms in total. The van der Waals surface area contributed by atoms with E-state index in [0.717, 1.165) is 30.7 Å². The molecule has 0 aromatic heterocycles. The summed E-state index contributed by atoms with van der Waals surface area (Å²) in [5, 5.41) is 2.90. The molecule has 1 saturated heterocycles. The van der Waals surface area contributed by atoms with Crippen LogP contribution in [0.25, 0.3) is 0 Å². The highest BCUT2D eigenvalue weighted by atomic mass is 16.5. The number of benzene rings is 1. The molecule has 1 heterocycles. The largest absolute Gasteiger partial charge is 0.497 e. The van der Waals surface area contributed by atoms with Crippen LogP contribution in [0.3, 0.4) is 0 Å². The van der Waals surface area contributed by atoms with Crippen LogP contribution in [0.1, 0.15) is 31.4 Å². The summed E-state index contributed by atoms with van der Waals surface area (Å²) in [6, 6.07) is 7.85. The molecule has 1 fully saturated rings. The zero-order valence-corrected chi connectivity index (χ0v) is 11.4. The molecule has 0 aliphatic carbocycles. The molecular weight excluding hydrogens is 242 g/mol. The first-order valence-corrected chi connectivity index (χ1v) is 6.67. The van der Waals surface area contributed by atoms with Crippen molar-refractivity contribution in [2.75, 3.05) is 13.7 Å². The van der Waals surface area contributed by atoms with Gasteiger partial charge in [-0.2, -0.15) is 0 Å². The highest BCUT2D eigenvalue weighted by Gasteiger charge is 2.29. The maximum Gasteiger partial charge on any atom is 0.238 e. The number of carbonyl (C=O) groups excluding carboxylic acids is 1. The van der Waals surface area contributed by atoms with Gasteiger partial charge >= 0.3 is 0 Å². The van der Waals surface area contributed by atoms with E-state index in [-0.39, 0.29) is 18.0 Å². The Bertz CT molecular complexity index is 436. The first-order valence-electron chi connectivity index (χ1n) is 6.67. The topological polar surface area (TPSA) is 62.4 Å². The number of nitrogens with one attached hydrogen (secondary N) is 3. The number of rotatable bonds is 5. The lowest BCUT2D eigenvalue weighted by Gasteiger charge is -2.11. The first-order chi connectivity index (χ1) is 9.24. The van der Waals surface area contributed by atoms with Crippen LogP contribution in [0, 0.1) is 0 Å². The Kier molecular flexibility index (Phi) is 4.76. The summed E-state index contributed by atoms with van der Waals surface area (Å²) in [5.74, 6) is 0.887. The van der Waals surface area contributed by atoms with E-state index in [2.05, 4.69) is 16.2 Å². The van der Waals surface area contributed by atoms with Crippen molar-refractivity contribution in [1.82, 2.24) is 16.2 Å². The van der Waals surface area contributed by atoms with Gasteiger partial charge in [-0.1, -0.05) is 19.1 Å². The molecule has 2 atom stereocenters. The SMILES string of the molecule is CCCNC(=O)C1CC(c2cccc(OC)c2)NN1. The second-order valence-corrected chi connectivity index (χ2v) is 4.70. The van der Waals surface area contributed by atoms with Gasteiger partial charge in [0, 0.05) is 12.6 Å². The highest BCUT2D eigenvalue weighted by Crippen LogP contribution is 2.25. The smallest absolute Gasteiger partial charge is 0.238 e. The third-order valence-corrected chi connectivity index (χ3v) is 3.27. The molecule has 0 bridgehead atoms. The zero-order chi connectivity index (χ0) is 13.7. The monoisotopic (exact) mass is 263 g/mol. The molecule has 2 rings (SSSR count). The van der Waals surface area contributed by atoms with Crippen LogP contribution >= 0.6 is 0 Å². The summed E-state index contributed by atoms with van der Waals surface area (Å²) in [4.78, 5) is 11.9. The van der Waals surface area contributed by atoms with Crippen molar-refractivity contribution in [2.45, 2.75) is 31.8 Å². The minimum atomic E-state index is -0.178. The van der Waals surface area contributed by atoms with Crippen molar-refractivity contribution < 1.29 is 9.53 Å². The van der Waals surface area contributed by atoms with E-state index < -0.39 is 0 Å². The number of hydrogen-bond donors (Lipinski definition) is 3. The number of hydrazine groups is 1. The number of methoxy groups -OCH3 is 1. The van der Waals surface area contributed by atoms with Gasteiger partial charge in [-0.25, -0.2) is 10.9 Å². The Balaban J connectivity index is 1.95. The Morgan fingerprint density at radius 1 is 1.47 bits per heavy atom. The predicted molar refractivity (Wildman–Crippen MR) is 73.7 cm³/mol. The van der Waals surface area contributed by atoms with Gasteiger partial charge in [-0.3, -0.25) is 4.79 Å². The average molecular weight is 263 g/mol. The summed E-state index contributed by atoms with van der Waals surface area (Å²) in [6.45, 7) is 2.76. The van der Waals surface area contributed by atoms with E-state index in [4.69, 9.17) is 4.74 Å². The van der Waals surface area contributed by atoms with Crippen LogP contribution < -0.4 is 20.9 Å². The summed E-state index contributed by atoms with van der Waals surface area (Å²) in [7, 11) is 1.65. The molecule has 0 saturated carbocycles. The van der Waals surface area contributed by atoms with Crippen LogP contribution in [0.2, 0.25) is 0 Å². The fraction of sp³-hybridized carbons (Fsp3) is 0.500. The van der Waals surface area contributed by atoms with Crippen LogP contribution in [0.5, 0.6) is 5.75 Å². The van der Waals surface area contributed by atoms with Crippen LogP contribution in [0.15, 0.2) is 24.3 Å². The van der Waals surface area contributed by atoms with Gasteiger partial charge in [0.1, 0.15) is 11.8 Å². The summed E-state index contributed by atoms with van der Waals surface area (Å²) >= 11 is 0. The Hall–Kier alpha value is -1.59. The van der Waals surface area contributed by atoms with Crippen molar-refractivity contribution in [3.05, 3.63) is 29.8 Å². The van der Waals surface area contributed by atoms with Crippen molar-refractivity contribution in [2.24, 2.45) is 0 Å². The lowest BCUT2D eigenvalue weighted by Crippen LogP contribution is -2.43. The molecule has 1 aromatic rings. The van der Waals surface area contributed by atoms with Gasteiger partial charge in [0.2, 0.25) is 5.91 Å². The molecular formula is C14H21N3O2. The summed E-state index contributed by atoms with van der Waals surface area (Å²) in [6.07, 6.45) is 1.69. The van der Waals surface area contributed by atoms with Gasteiger partial charge in [0.15, 0.2) is 0 Å². The van der Waals surface area contributed by atoms with E-state index >= 15 is 0 Å². The van der Waals surface area contributed by atoms with Crippen LogP contribution in [-0.4, -0.2) is 25.6 Å². The summed E-state index contributed by atoms with van der Waals surface area (Å²) < 4.78 is 5.21. The van der Waals surface area contributed by atoms with E-state index in [0.29, 0.717) is 0 Å². The van der Waals surface area contributed by atoms with Gasteiger partial charge in [0.25, 0.3) is 0 Å². The molecule has 0 spiro atoms. The molecule has 0 radical (unpaired) electrons. The quantitative estimate of drug-likeness (QED) is 0.745. The molecule has 19 heavy (non-hydrogen) atoms. The summed E-state index contributed by atoms with van der Waals surface area (Å²) in [5.41, 5.74) is 7.34. The Morgan fingerprint density at radius 2 is 2.32 bits per heavy atom. The van der Waals surface area contributed by atoms with E-state index in [1.165, 1.54) is 0 Å². The third-order valence-electron chi connectivity index (χ3n) is 3.27. The Morgan fingerprint density at radius 3 is 3.05 bits per heavy atom. The maximum absolute atomic E-state index is 11.9. The number of amides is 1. The number of hydrogen-bond acceptors (Lipinski definition) is 4. The van der Waals surface area contributed by atoms with Crippen LogP contribution in [-0.2, 0) is 4.79 Å². The molecule has 2 unspecified atom stereocenters. The molecule has 1 aliphatic rings. The molecule has 3 N–H and O–H groups in total. The van der Waals surface area contributed by atoms with Crippen molar-refractivity contribution in [3.8, 4) is 5.75 Å². The fourth-order valence-corrected chi connectivity index (χ4v) is 2.18. The second-order valence-electron chi connectivity index (χ2n) is 4.70. The second kappa shape index (κ2) is 6.54.